The molecule has 3 amide bonds. The van der Waals surface area contributed by atoms with Crippen LogP contribution in [-0.4, -0.2) is 69.8 Å². The van der Waals surface area contributed by atoms with E-state index >= 15 is 0 Å². The van der Waals surface area contributed by atoms with Crippen LogP contribution in [0.5, 0.6) is 5.75 Å². The quantitative estimate of drug-likeness (QED) is 0.216. The van der Waals surface area contributed by atoms with Crippen molar-refractivity contribution in [2.45, 2.75) is 51.4 Å². The molecule has 0 heterocycles. The van der Waals surface area contributed by atoms with Crippen LogP contribution in [0.15, 0.2) is 24.3 Å². The summed E-state index contributed by atoms with van der Waals surface area (Å²) in [4.78, 5) is 48.3. The van der Waals surface area contributed by atoms with Gasteiger partial charge in [-0.05, 0) is 30.5 Å². The van der Waals surface area contributed by atoms with E-state index in [-0.39, 0.29) is 18.1 Å². The number of hydrogen-bond acceptors (Lipinski definition) is 7. The molecule has 0 saturated heterocycles. The molecule has 0 aliphatic heterocycles. The van der Waals surface area contributed by atoms with E-state index in [1.807, 2.05) is 0 Å². The third-order valence-electron chi connectivity index (χ3n) is 4.58. The number of aliphatic carboxylic acids is 1. The lowest BCUT2D eigenvalue weighted by Crippen LogP contribution is -2.57. The van der Waals surface area contributed by atoms with E-state index in [2.05, 4.69) is 16.0 Å². The van der Waals surface area contributed by atoms with Crippen molar-refractivity contribution >= 4 is 23.7 Å². The van der Waals surface area contributed by atoms with Gasteiger partial charge in [-0.2, -0.15) is 0 Å². The predicted molar refractivity (Wildman–Crippen MR) is 111 cm³/mol. The molecule has 1 aromatic carbocycles. The molecule has 0 saturated carbocycles. The molecule has 4 atom stereocenters. The molecule has 0 aliphatic carbocycles. The van der Waals surface area contributed by atoms with Crippen LogP contribution in [0.4, 0.5) is 0 Å². The number of aliphatic hydroxyl groups excluding tert-OH is 1. The number of benzene rings is 1. The standard InChI is InChI=1S/C20H30N4O7/c1-10(2)16(21)19(29)23-14(8-12-4-6-13(26)7-5-12)18(28)22-11(3)17(27)24-15(9-25)20(30)31/h4-7,10-11,14-16,25-26H,8-9,21H2,1-3H3,(H,22,28)(H,23,29)(H,24,27)(H,30,31). The summed E-state index contributed by atoms with van der Waals surface area (Å²) in [5, 5.41) is 34.4. The first-order valence-electron chi connectivity index (χ1n) is 9.74. The SMILES string of the molecule is CC(NC(=O)C(Cc1ccc(O)cc1)NC(=O)C(N)C(C)C)C(=O)NC(CO)C(=O)O. The Balaban J connectivity index is 2.93. The second-order valence-corrected chi connectivity index (χ2v) is 7.51. The number of nitrogens with two attached hydrogens (primary N) is 1. The fraction of sp³-hybridized carbons (Fsp3) is 0.500. The largest absolute Gasteiger partial charge is 0.508 e. The number of carboxylic acid groups (broad SMARTS) is 1. The van der Waals surface area contributed by atoms with Crippen molar-refractivity contribution < 1.29 is 34.5 Å². The van der Waals surface area contributed by atoms with Crippen molar-refractivity contribution in [1.29, 1.82) is 0 Å². The van der Waals surface area contributed by atoms with Gasteiger partial charge in [0.15, 0.2) is 0 Å². The minimum absolute atomic E-state index is 0.0396. The number of carbonyl (C=O) groups is 4. The van der Waals surface area contributed by atoms with E-state index in [0.29, 0.717) is 5.56 Å². The molecule has 8 N–H and O–H groups in total. The number of hydrogen-bond donors (Lipinski definition) is 7. The molecule has 4 unspecified atom stereocenters. The number of aliphatic hydroxyl groups is 1. The first-order chi connectivity index (χ1) is 14.5. The number of aromatic hydroxyl groups is 1. The zero-order chi connectivity index (χ0) is 23.7. The number of amides is 3. The van der Waals surface area contributed by atoms with E-state index in [4.69, 9.17) is 15.9 Å². The molecule has 1 aromatic rings. The molecule has 11 nitrogen and oxygen atoms in total. The number of rotatable bonds is 11. The van der Waals surface area contributed by atoms with Crippen molar-refractivity contribution in [3.63, 3.8) is 0 Å². The van der Waals surface area contributed by atoms with Crippen LogP contribution in [0.3, 0.4) is 0 Å². The average molecular weight is 438 g/mol. The molecular weight excluding hydrogens is 408 g/mol. The Morgan fingerprint density at radius 2 is 1.45 bits per heavy atom. The van der Waals surface area contributed by atoms with Crippen LogP contribution < -0.4 is 21.7 Å². The third kappa shape index (κ3) is 8.22. The first-order valence-corrected chi connectivity index (χ1v) is 9.74. The summed E-state index contributed by atoms with van der Waals surface area (Å²) >= 11 is 0. The van der Waals surface area contributed by atoms with Crippen LogP contribution in [0.25, 0.3) is 0 Å². The van der Waals surface area contributed by atoms with E-state index in [9.17, 15) is 24.3 Å². The summed E-state index contributed by atoms with van der Waals surface area (Å²) in [5.74, 6) is -3.60. The molecule has 172 valence electrons. The lowest BCUT2D eigenvalue weighted by molar-refractivity contribution is -0.143. The van der Waals surface area contributed by atoms with Gasteiger partial charge in [0.05, 0.1) is 12.6 Å². The second kappa shape index (κ2) is 11.9. The van der Waals surface area contributed by atoms with Gasteiger partial charge < -0.3 is 37.0 Å². The predicted octanol–water partition coefficient (Wildman–Crippen LogP) is -1.53. The highest BCUT2D eigenvalue weighted by Crippen LogP contribution is 2.12. The number of carbonyl (C=O) groups excluding carboxylic acids is 3. The lowest BCUT2D eigenvalue weighted by atomic mass is 10.0. The van der Waals surface area contributed by atoms with E-state index in [1.54, 1.807) is 26.0 Å². The molecule has 1 rings (SSSR count). The Hall–Kier alpha value is -3.18. The Morgan fingerprint density at radius 3 is 1.94 bits per heavy atom. The maximum absolute atomic E-state index is 12.8. The Morgan fingerprint density at radius 1 is 0.903 bits per heavy atom. The summed E-state index contributed by atoms with van der Waals surface area (Å²) in [6.45, 7) is 4.04. The highest BCUT2D eigenvalue weighted by molar-refractivity contribution is 5.94. The van der Waals surface area contributed by atoms with Crippen molar-refractivity contribution in [2.24, 2.45) is 11.7 Å². The number of carboxylic acids is 1. The van der Waals surface area contributed by atoms with Gasteiger partial charge in [-0.3, -0.25) is 14.4 Å². The van der Waals surface area contributed by atoms with Gasteiger partial charge in [0.2, 0.25) is 17.7 Å². The van der Waals surface area contributed by atoms with Gasteiger partial charge >= 0.3 is 5.97 Å². The van der Waals surface area contributed by atoms with Crippen LogP contribution >= 0.6 is 0 Å². The fourth-order valence-electron chi connectivity index (χ4n) is 2.51. The van der Waals surface area contributed by atoms with E-state index in [0.717, 1.165) is 0 Å². The number of nitrogens with one attached hydrogen (secondary N) is 3. The molecule has 0 aliphatic rings. The summed E-state index contributed by atoms with van der Waals surface area (Å²) < 4.78 is 0. The maximum atomic E-state index is 12.8. The van der Waals surface area contributed by atoms with Gasteiger partial charge in [0, 0.05) is 6.42 Å². The molecule has 0 aromatic heterocycles. The first kappa shape index (κ1) is 25.9. The highest BCUT2D eigenvalue weighted by Gasteiger charge is 2.29. The number of phenolic OH excluding ortho intramolecular Hbond substituents is 1. The summed E-state index contributed by atoms with van der Waals surface area (Å²) in [7, 11) is 0. The minimum Gasteiger partial charge on any atom is -0.508 e. The lowest BCUT2D eigenvalue weighted by Gasteiger charge is -2.24. The van der Waals surface area contributed by atoms with Crippen LogP contribution in [0.1, 0.15) is 26.3 Å². The Labute approximate surface area is 180 Å². The van der Waals surface area contributed by atoms with Crippen LogP contribution in [0.2, 0.25) is 0 Å². The molecule has 31 heavy (non-hydrogen) atoms. The minimum atomic E-state index is -1.51. The molecule has 0 radical (unpaired) electrons. The molecule has 0 bridgehead atoms. The van der Waals surface area contributed by atoms with Gasteiger partial charge in [0.25, 0.3) is 0 Å². The molecule has 0 fully saturated rings. The van der Waals surface area contributed by atoms with Gasteiger partial charge in [0.1, 0.15) is 23.9 Å². The Bertz CT molecular complexity index is 782. The van der Waals surface area contributed by atoms with Crippen molar-refractivity contribution in [3.8, 4) is 5.75 Å². The van der Waals surface area contributed by atoms with Gasteiger partial charge in [-0.15, -0.1) is 0 Å². The highest BCUT2D eigenvalue weighted by atomic mass is 16.4. The monoisotopic (exact) mass is 438 g/mol. The van der Waals surface area contributed by atoms with E-state index in [1.165, 1.54) is 19.1 Å². The summed E-state index contributed by atoms with van der Waals surface area (Å²) in [6, 6.07) is 1.45. The van der Waals surface area contributed by atoms with Crippen molar-refractivity contribution in [1.82, 2.24) is 16.0 Å². The van der Waals surface area contributed by atoms with Crippen molar-refractivity contribution in [3.05, 3.63) is 29.8 Å². The molecular formula is C20H30N4O7. The maximum Gasteiger partial charge on any atom is 0.328 e. The Kier molecular flexibility index (Phi) is 9.90. The van der Waals surface area contributed by atoms with E-state index < -0.39 is 54.5 Å². The zero-order valence-corrected chi connectivity index (χ0v) is 17.7. The average Bonchev–Trinajstić information content (AvgIpc) is 2.71. The fourth-order valence-corrected chi connectivity index (χ4v) is 2.51. The number of phenols is 1. The molecule has 11 heteroatoms. The molecule has 0 spiro atoms. The zero-order valence-electron chi connectivity index (χ0n) is 17.7. The third-order valence-corrected chi connectivity index (χ3v) is 4.58. The van der Waals surface area contributed by atoms with Gasteiger partial charge in [-0.25, -0.2) is 4.79 Å². The smallest absolute Gasteiger partial charge is 0.328 e. The summed E-state index contributed by atoms with van der Waals surface area (Å²) in [6.07, 6.45) is 0.0609. The van der Waals surface area contributed by atoms with Crippen LogP contribution in [-0.2, 0) is 25.6 Å². The second-order valence-electron chi connectivity index (χ2n) is 7.51. The normalized spacial score (nSPS) is 14.8. The summed E-state index contributed by atoms with van der Waals surface area (Å²) in [5.41, 5.74) is 6.49. The van der Waals surface area contributed by atoms with Gasteiger partial charge in [-0.1, -0.05) is 26.0 Å². The van der Waals surface area contributed by atoms with Crippen LogP contribution in [0, 0.1) is 5.92 Å². The topological polar surface area (TPSA) is 191 Å². The van der Waals surface area contributed by atoms with Crippen molar-refractivity contribution in [2.75, 3.05) is 6.61 Å².